The molecule has 0 radical (unpaired) electrons. The largest absolute Gasteiger partial charge is 0.352 e. The fourth-order valence-corrected chi connectivity index (χ4v) is 3.99. The zero-order chi connectivity index (χ0) is 19.2. The van der Waals surface area contributed by atoms with E-state index in [0.717, 1.165) is 35.2 Å². The molecule has 0 spiro atoms. The fraction of sp³-hybridized carbons (Fsp3) is 0.478. The van der Waals surface area contributed by atoms with Crippen LogP contribution in [0.5, 0.6) is 0 Å². The van der Waals surface area contributed by atoms with Gasteiger partial charge in [-0.2, -0.15) is 0 Å². The molecular formula is C23H31N3O. The van der Waals surface area contributed by atoms with Crippen LogP contribution >= 0.6 is 0 Å². The number of carbonyl (C=O) groups excluding carboxylic acids is 1. The molecule has 0 saturated carbocycles. The Balaban J connectivity index is 1.46. The van der Waals surface area contributed by atoms with E-state index >= 15 is 0 Å². The molecule has 1 N–H and O–H groups in total. The zero-order valence-electron chi connectivity index (χ0n) is 16.7. The molecule has 144 valence electrons. The standard InChI is InChI=1S/C23H31N3O/c1-17-10-18(2)15-26(14-17)16-21-8-6-20(7-9-21)12-25-23(27)11-22-5-4-19(3)24-13-22/h4-9,13,17-18H,10-12,14-16H2,1-3H3,(H,25,27). The van der Waals surface area contributed by atoms with Crippen LogP contribution in [0.1, 0.15) is 42.7 Å². The van der Waals surface area contributed by atoms with Crippen molar-refractivity contribution in [2.45, 2.75) is 46.7 Å². The van der Waals surface area contributed by atoms with Crippen molar-refractivity contribution in [3.8, 4) is 0 Å². The molecular weight excluding hydrogens is 334 g/mol. The maximum absolute atomic E-state index is 12.1. The molecule has 27 heavy (non-hydrogen) atoms. The van der Waals surface area contributed by atoms with Crippen LogP contribution < -0.4 is 5.32 Å². The number of benzene rings is 1. The highest BCUT2D eigenvalue weighted by Crippen LogP contribution is 2.22. The van der Waals surface area contributed by atoms with Gasteiger partial charge in [0.1, 0.15) is 0 Å². The summed E-state index contributed by atoms with van der Waals surface area (Å²) in [6.45, 7) is 10.6. The number of carbonyl (C=O) groups is 1. The summed E-state index contributed by atoms with van der Waals surface area (Å²) in [5.41, 5.74) is 4.39. The molecule has 2 aromatic rings. The first-order valence-corrected chi connectivity index (χ1v) is 9.96. The number of aryl methyl sites for hydroxylation is 1. The second kappa shape index (κ2) is 9.14. The number of likely N-dealkylation sites (tertiary alicyclic amines) is 1. The highest BCUT2D eigenvalue weighted by Gasteiger charge is 2.21. The number of aromatic nitrogens is 1. The van der Waals surface area contributed by atoms with Gasteiger partial charge in [0.2, 0.25) is 5.91 Å². The molecule has 1 aliphatic rings. The number of nitrogens with one attached hydrogen (secondary N) is 1. The molecule has 2 unspecified atom stereocenters. The first-order valence-electron chi connectivity index (χ1n) is 9.96. The molecule has 1 amide bonds. The van der Waals surface area contributed by atoms with E-state index in [9.17, 15) is 4.79 Å². The summed E-state index contributed by atoms with van der Waals surface area (Å²) in [6, 6.07) is 12.5. The van der Waals surface area contributed by atoms with Gasteiger partial charge >= 0.3 is 0 Å². The van der Waals surface area contributed by atoms with Crippen molar-refractivity contribution in [1.82, 2.24) is 15.2 Å². The van der Waals surface area contributed by atoms with Crippen molar-refractivity contribution in [3.63, 3.8) is 0 Å². The molecule has 4 nitrogen and oxygen atoms in total. The van der Waals surface area contributed by atoms with Crippen molar-refractivity contribution in [2.75, 3.05) is 13.1 Å². The van der Waals surface area contributed by atoms with Gasteiger partial charge in [-0.15, -0.1) is 0 Å². The Labute approximate surface area is 163 Å². The van der Waals surface area contributed by atoms with E-state index in [-0.39, 0.29) is 5.91 Å². The number of amides is 1. The predicted octanol–water partition coefficient (Wildman–Crippen LogP) is 3.73. The van der Waals surface area contributed by atoms with Crippen LogP contribution in [0.15, 0.2) is 42.6 Å². The Hall–Kier alpha value is -2.20. The van der Waals surface area contributed by atoms with E-state index < -0.39 is 0 Å². The lowest BCUT2D eigenvalue weighted by molar-refractivity contribution is -0.120. The topological polar surface area (TPSA) is 45.2 Å². The minimum Gasteiger partial charge on any atom is -0.352 e. The summed E-state index contributed by atoms with van der Waals surface area (Å²) >= 11 is 0. The molecule has 2 atom stereocenters. The first kappa shape index (κ1) is 19.6. The average Bonchev–Trinajstić information content (AvgIpc) is 2.62. The zero-order valence-corrected chi connectivity index (χ0v) is 16.7. The summed E-state index contributed by atoms with van der Waals surface area (Å²) < 4.78 is 0. The van der Waals surface area contributed by atoms with E-state index in [1.807, 2.05) is 19.1 Å². The maximum Gasteiger partial charge on any atom is 0.224 e. The number of hydrogen-bond donors (Lipinski definition) is 1. The number of pyridine rings is 1. The van der Waals surface area contributed by atoms with Crippen LogP contribution in [0.3, 0.4) is 0 Å². The van der Waals surface area contributed by atoms with Crippen LogP contribution in [0, 0.1) is 18.8 Å². The van der Waals surface area contributed by atoms with Crippen LogP contribution in [-0.4, -0.2) is 28.9 Å². The van der Waals surface area contributed by atoms with Gasteiger partial charge in [-0.25, -0.2) is 0 Å². The van der Waals surface area contributed by atoms with E-state index in [0.29, 0.717) is 13.0 Å². The van der Waals surface area contributed by atoms with Gasteiger partial charge in [0, 0.05) is 38.1 Å². The van der Waals surface area contributed by atoms with Crippen LogP contribution in [-0.2, 0) is 24.3 Å². The third-order valence-corrected chi connectivity index (χ3v) is 5.20. The van der Waals surface area contributed by atoms with E-state index in [4.69, 9.17) is 0 Å². The summed E-state index contributed by atoms with van der Waals surface area (Å²) in [6.07, 6.45) is 3.48. The number of rotatable bonds is 6. The highest BCUT2D eigenvalue weighted by molar-refractivity contribution is 5.78. The normalized spacial score (nSPS) is 20.4. The van der Waals surface area contributed by atoms with Gasteiger partial charge in [-0.3, -0.25) is 14.7 Å². The van der Waals surface area contributed by atoms with Crippen LogP contribution in [0.25, 0.3) is 0 Å². The monoisotopic (exact) mass is 365 g/mol. The quantitative estimate of drug-likeness (QED) is 0.848. The fourth-order valence-electron chi connectivity index (χ4n) is 3.99. The number of nitrogens with zero attached hydrogens (tertiary/aromatic N) is 2. The lowest BCUT2D eigenvalue weighted by Gasteiger charge is -2.35. The Morgan fingerprint density at radius 1 is 1.04 bits per heavy atom. The van der Waals surface area contributed by atoms with Crippen molar-refractivity contribution < 1.29 is 4.79 Å². The Kier molecular flexibility index (Phi) is 6.62. The molecule has 0 bridgehead atoms. The third-order valence-electron chi connectivity index (χ3n) is 5.20. The maximum atomic E-state index is 12.1. The van der Waals surface area contributed by atoms with Gasteiger partial charge in [-0.05, 0) is 47.9 Å². The SMILES string of the molecule is Cc1ccc(CC(=O)NCc2ccc(CN3CC(C)CC(C)C3)cc2)cn1. The predicted molar refractivity (Wildman–Crippen MR) is 109 cm³/mol. The van der Waals surface area contributed by atoms with E-state index in [2.05, 4.69) is 53.3 Å². The molecule has 1 aromatic carbocycles. The van der Waals surface area contributed by atoms with E-state index in [1.165, 1.54) is 25.1 Å². The van der Waals surface area contributed by atoms with Crippen LogP contribution in [0.4, 0.5) is 0 Å². The van der Waals surface area contributed by atoms with Crippen molar-refractivity contribution >= 4 is 5.91 Å². The van der Waals surface area contributed by atoms with Crippen LogP contribution in [0.2, 0.25) is 0 Å². The first-order chi connectivity index (χ1) is 13.0. The summed E-state index contributed by atoms with van der Waals surface area (Å²) in [4.78, 5) is 18.9. The lowest BCUT2D eigenvalue weighted by Crippen LogP contribution is -2.38. The molecule has 3 rings (SSSR count). The highest BCUT2D eigenvalue weighted by atomic mass is 16.1. The van der Waals surface area contributed by atoms with Gasteiger partial charge in [0.15, 0.2) is 0 Å². The second-order valence-electron chi connectivity index (χ2n) is 8.22. The average molecular weight is 366 g/mol. The Morgan fingerprint density at radius 2 is 1.67 bits per heavy atom. The molecule has 2 heterocycles. The molecule has 4 heteroatoms. The van der Waals surface area contributed by atoms with Crippen molar-refractivity contribution in [3.05, 3.63) is 65.0 Å². The van der Waals surface area contributed by atoms with E-state index in [1.54, 1.807) is 6.20 Å². The summed E-state index contributed by atoms with van der Waals surface area (Å²) in [5, 5.41) is 3.00. The van der Waals surface area contributed by atoms with Gasteiger partial charge in [-0.1, -0.05) is 44.2 Å². The molecule has 1 aliphatic heterocycles. The lowest BCUT2D eigenvalue weighted by atomic mass is 9.91. The van der Waals surface area contributed by atoms with Gasteiger partial charge in [0.05, 0.1) is 6.42 Å². The Morgan fingerprint density at radius 3 is 2.30 bits per heavy atom. The summed E-state index contributed by atoms with van der Waals surface area (Å²) in [5.74, 6) is 1.60. The number of hydrogen-bond acceptors (Lipinski definition) is 3. The molecule has 1 saturated heterocycles. The van der Waals surface area contributed by atoms with Gasteiger partial charge < -0.3 is 5.32 Å². The number of piperidine rings is 1. The molecule has 1 fully saturated rings. The molecule has 0 aliphatic carbocycles. The Bertz CT molecular complexity index is 729. The second-order valence-corrected chi connectivity index (χ2v) is 8.22. The summed E-state index contributed by atoms with van der Waals surface area (Å²) in [7, 11) is 0. The molecule has 1 aromatic heterocycles. The minimum atomic E-state index is 0.0287. The third kappa shape index (κ3) is 6.17. The minimum absolute atomic E-state index is 0.0287. The van der Waals surface area contributed by atoms with Gasteiger partial charge in [0.25, 0.3) is 0 Å². The smallest absolute Gasteiger partial charge is 0.224 e. The van der Waals surface area contributed by atoms with Crippen molar-refractivity contribution in [2.24, 2.45) is 11.8 Å². The van der Waals surface area contributed by atoms with Crippen molar-refractivity contribution in [1.29, 1.82) is 0 Å².